The van der Waals surface area contributed by atoms with Crippen molar-refractivity contribution < 1.29 is 24.3 Å². The van der Waals surface area contributed by atoms with Crippen LogP contribution >= 0.6 is 0 Å². The minimum Gasteiger partial charge on any atom is -0.508 e. The van der Waals surface area contributed by atoms with Gasteiger partial charge in [0.25, 0.3) is 5.91 Å². The van der Waals surface area contributed by atoms with Gasteiger partial charge in [-0.15, -0.1) is 6.58 Å². The molecule has 0 spiro atoms. The molecule has 5 heterocycles. The smallest absolute Gasteiger partial charge is 0.256 e. The van der Waals surface area contributed by atoms with Gasteiger partial charge in [-0.2, -0.15) is 0 Å². The van der Waals surface area contributed by atoms with E-state index < -0.39 is 12.2 Å². The number of hydrazine groups is 1. The second kappa shape index (κ2) is 17.3. The number of phenolic OH excluding ortho intramolecular Hbond substituents is 1. The normalized spacial score (nSPS) is 19.0. The van der Waals surface area contributed by atoms with Gasteiger partial charge in [0.15, 0.2) is 0 Å². The van der Waals surface area contributed by atoms with Gasteiger partial charge in [0.05, 0.1) is 24.2 Å². The maximum absolute atomic E-state index is 14.8. The van der Waals surface area contributed by atoms with E-state index >= 15 is 0 Å². The third-order valence-electron chi connectivity index (χ3n) is 11.8. The van der Waals surface area contributed by atoms with Gasteiger partial charge < -0.3 is 24.4 Å². The Morgan fingerprint density at radius 3 is 2.34 bits per heavy atom. The van der Waals surface area contributed by atoms with Gasteiger partial charge >= 0.3 is 0 Å². The zero-order valence-electron chi connectivity index (χ0n) is 33.4. The molecule has 13 nitrogen and oxygen atoms in total. The molecule has 3 aromatic carbocycles. The summed E-state index contributed by atoms with van der Waals surface area (Å²) < 4.78 is 1.96. The summed E-state index contributed by atoms with van der Waals surface area (Å²) in [5.41, 5.74) is 5.31. The van der Waals surface area contributed by atoms with Crippen LogP contribution in [0.2, 0.25) is 0 Å². The number of aryl methyl sites for hydroxylation is 2. The lowest BCUT2D eigenvalue weighted by Crippen LogP contribution is -2.75. The number of phenols is 1. The number of fused-ring (bicyclic) bond motifs is 2. The van der Waals surface area contributed by atoms with E-state index in [4.69, 9.17) is 0 Å². The summed E-state index contributed by atoms with van der Waals surface area (Å²) in [5, 5.41) is 14.2. The van der Waals surface area contributed by atoms with Crippen molar-refractivity contribution in [3.63, 3.8) is 0 Å². The van der Waals surface area contributed by atoms with Crippen molar-refractivity contribution in [2.45, 2.75) is 44.6 Å². The molecule has 0 bridgehead atoms. The molecule has 3 saturated heterocycles. The van der Waals surface area contributed by atoms with Gasteiger partial charge in [0, 0.05) is 89.7 Å². The summed E-state index contributed by atoms with van der Waals surface area (Å²) in [6, 6.07) is 25.4. The Morgan fingerprint density at radius 2 is 1.61 bits per heavy atom. The van der Waals surface area contributed by atoms with Crippen LogP contribution in [0.4, 0.5) is 0 Å². The molecule has 0 radical (unpaired) electrons. The molecule has 4 amide bonds. The number of aromatic hydroxyl groups is 1. The van der Waals surface area contributed by atoms with Crippen LogP contribution in [-0.2, 0) is 47.4 Å². The Hall–Kier alpha value is -6.31. The van der Waals surface area contributed by atoms with Crippen molar-refractivity contribution in [2.24, 2.45) is 7.05 Å². The molecule has 5 aromatic rings. The van der Waals surface area contributed by atoms with E-state index in [0.717, 1.165) is 47.2 Å². The first-order valence-electron chi connectivity index (χ1n) is 20.3. The van der Waals surface area contributed by atoms with E-state index in [0.29, 0.717) is 25.1 Å². The molecule has 3 fully saturated rings. The molecule has 1 N–H and O–H groups in total. The molecule has 0 unspecified atom stereocenters. The van der Waals surface area contributed by atoms with Gasteiger partial charge in [-0.05, 0) is 52.9 Å². The third kappa shape index (κ3) is 8.34. The van der Waals surface area contributed by atoms with Crippen LogP contribution in [0.3, 0.4) is 0 Å². The predicted octanol–water partition coefficient (Wildman–Crippen LogP) is 4.22. The van der Waals surface area contributed by atoms with Crippen LogP contribution in [0.1, 0.15) is 39.0 Å². The lowest BCUT2D eigenvalue weighted by atomic mass is 9.97. The van der Waals surface area contributed by atoms with Crippen LogP contribution in [0.25, 0.3) is 10.9 Å². The minimum absolute atomic E-state index is 0.0253. The number of carbonyl (C=O) groups excluding carboxylic acids is 4. The highest BCUT2D eigenvalue weighted by atomic mass is 16.3. The Kier molecular flexibility index (Phi) is 11.6. The van der Waals surface area contributed by atoms with E-state index in [1.165, 1.54) is 5.56 Å². The predicted molar refractivity (Wildman–Crippen MR) is 223 cm³/mol. The van der Waals surface area contributed by atoms with Crippen LogP contribution in [-0.4, -0.2) is 126 Å². The Morgan fingerprint density at radius 1 is 0.864 bits per heavy atom. The van der Waals surface area contributed by atoms with Gasteiger partial charge in [-0.3, -0.25) is 29.1 Å². The quantitative estimate of drug-likeness (QED) is 0.186. The van der Waals surface area contributed by atoms with E-state index in [1.54, 1.807) is 62.6 Å². The van der Waals surface area contributed by atoms with Crippen molar-refractivity contribution >= 4 is 34.5 Å². The number of nitrogens with zero attached hydrogens (tertiary/aromatic N) is 8. The average molecular weight is 795 g/mol. The minimum atomic E-state index is -0.900. The molecule has 8 rings (SSSR count). The molecule has 3 aliphatic rings. The van der Waals surface area contributed by atoms with Crippen LogP contribution in [0.5, 0.6) is 5.75 Å². The lowest BCUT2D eigenvalue weighted by Gasteiger charge is -2.55. The number of pyridine rings is 1. The van der Waals surface area contributed by atoms with Crippen molar-refractivity contribution in [1.29, 1.82) is 0 Å². The first-order chi connectivity index (χ1) is 28.7. The number of hydrogen-bond donors (Lipinski definition) is 1. The number of amides is 4. The average Bonchev–Trinajstić information content (AvgIpc) is 3.59. The molecular formula is C46H50N8O5. The second-order valence-corrected chi connectivity index (χ2v) is 15.6. The van der Waals surface area contributed by atoms with Crippen LogP contribution in [0.15, 0.2) is 116 Å². The number of benzene rings is 3. The van der Waals surface area contributed by atoms with Gasteiger partial charge in [0.1, 0.15) is 18.0 Å². The molecular weight excluding hydrogens is 745 g/mol. The zero-order valence-corrected chi connectivity index (χ0v) is 33.4. The van der Waals surface area contributed by atoms with Crippen molar-refractivity contribution in [3.05, 3.63) is 144 Å². The fourth-order valence-electron chi connectivity index (χ4n) is 8.85. The summed E-state index contributed by atoms with van der Waals surface area (Å²) in [6.07, 6.45) is 7.34. The molecule has 2 atom stereocenters. The second-order valence-electron chi connectivity index (χ2n) is 15.6. The lowest BCUT2D eigenvalue weighted by molar-refractivity contribution is -0.205. The number of rotatable bonds is 12. The van der Waals surface area contributed by atoms with E-state index in [-0.39, 0.29) is 68.4 Å². The van der Waals surface area contributed by atoms with Crippen LogP contribution in [0, 0.1) is 0 Å². The van der Waals surface area contributed by atoms with Crippen molar-refractivity contribution in [2.75, 3.05) is 45.8 Å². The highest BCUT2D eigenvalue weighted by molar-refractivity contribution is 6.07. The molecule has 0 saturated carbocycles. The summed E-state index contributed by atoms with van der Waals surface area (Å²) in [5.74, 6) is -0.552. The number of carbonyl (C=O) groups is 4. The molecule has 3 aliphatic heterocycles. The third-order valence-corrected chi connectivity index (χ3v) is 11.8. The van der Waals surface area contributed by atoms with Crippen molar-refractivity contribution in [3.8, 4) is 5.75 Å². The first kappa shape index (κ1) is 39.5. The highest BCUT2D eigenvalue weighted by Crippen LogP contribution is 2.32. The maximum atomic E-state index is 14.8. The molecule has 59 heavy (non-hydrogen) atoms. The van der Waals surface area contributed by atoms with Gasteiger partial charge in [-0.25, -0.2) is 10.0 Å². The highest BCUT2D eigenvalue weighted by Gasteiger charge is 2.51. The SMILES string of the molecule is C=CCN1CC(=O)N2[C@@H](Cc3ccc(O)cc3)C(=O)N(Cc3cccc4c(C(=O)N5CCN(Cc6ccncc6)CC5)cn(C)c34)C[C@@H]2N1C(=O)CCc1ccccc1. The van der Waals surface area contributed by atoms with Gasteiger partial charge in [0.2, 0.25) is 17.7 Å². The van der Waals surface area contributed by atoms with Crippen LogP contribution < -0.4 is 0 Å². The maximum Gasteiger partial charge on any atom is 0.256 e. The molecule has 13 heteroatoms. The molecule has 2 aromatic heterocycles. The molecule has 0 aliphatic carbocycles. The fourth-order valence-corrected chi connectivity index (χ4v) is 8.85. The van der Waals surface area contributed by atoms with E-state index in [9.17, 15) is 24.3 Å². The number of piperazine rings is 2. The van der Waals surface area contributed by atoms with Crippen molar-refractivity contribution in [1.82, 2.24) is 39.2 Å². The number of para-hydroxylation sites is 1. The number of aromatic nitrogens is 2. The van der Waals surface area contributed by atoms with Gasteiger partial charge in [-0.1, -0.05) is 66.7 Å². The standard InChI is InChI=1S/C46H50N8O5/c1-3-22-52-32-43(57)53-40(27-34-12-15-37(55)16-13-34)46(59)51(31-41(53)54(52)42(56)17-14-33-8-5-4-6-9-33)29-36-10-7-11-38-39(30-48(2)44(36)38)45(58)50-25-23-49(24-26-50)28-35-18-20-47-21-19-35/h3-13,15-16,18-21,30,40-41,55H,1,14,17,22-29,31-32H2,2H3/t40-,41-/m0/s1. The summed E-state index contributed by atoms with van der Waals surface area (Å²) in [6.45, 7) is 7.99. The fraction of sp³-hybridized carbons (Fsp3) is 0.326. The monoisotopic (exact) mass is 794 g/mol. The number of hydrogen-bond acceptors (Lipinski definition) is 8. The largest absolute Gasteiger partial charge is 0.508 e. The molecule has 304 valence electrons. The summed E-state index contributed by atoms with van der Waals surface area (Å²) in [4.78, 5) is 69.0. The first-order valence-corrected chi connectivity index (χ1v) is 20.3. The Labute approximate surface area is 344 Å². The Bertz CT molecular complexity index is 2320. The topological polar surface area (TPSA) is 126 Å². The van der Waals surface area contributed by atoms with E-state index in [1.807, 2.05) is 83.4 Å². The van der Waals surface area contributed by atoms with E-state index in [2.05, 4.69) is 16.5 Å². The summed E-state index contributed by atoms with van der Waals surface area (Å²) >= 11 is 0. The zero-order chi connectivity index (χ0) is 41.0. The summed E-state index contributed by atoms with van der Waals surface area (Å²) in [7, 11) is 1.92. The Balaban J connectivity index is 1.08.